The second kappa shape index (κ2) is 9.04. The highest BCUT2D eigenvalue weighted by Crippen LogP contribution is 2.67. The number of aryl methyl sites for hydroxylation is 1. The standard InChI is InChI=1S/C28H36N6O3S/c1-26-12-17-14-31-34(10-9-29-3)21(17)11-18(26)5-6-19-20-7-8-28(37,27(20,2)13-22(35)24(19)26)23(36)15-38-25-32-30-16-33(25)4/h11,14,16,19-20,22,24,35,37H,5-10,12-13,15H2,1-2,4H3/t19?,20?,22?,24?,26?,27?,28-/m0/s1. The number of carbonyl (C=O) groups is 1. The van der Waals surface area contributed by atoms with Crippen molar-refractivity contribution in [3.63, 3.8) is 0 Å². The zero-order valence-corrected chi connectivity index (χ0v) is 23.1. The molecule has 0 saturated heterocycles. The fraction of sp³-hybridized carbons (Fsp3) is 0.679. The number of hydrogen-bond acceptors (Lipinski definition) is 7. The molecule has 2 aromatic heterocycles. The molecular formula is C28H36N6O3S. The normalized spacial score (nSPS) is 37.4. The molecule has 0 aromatic carbocycles. The highest BCUT2D eigenvalue weighted by atomic mass is 32.2. The lowest BCUT2D eigenvalue weighted by atomic mass is 9.45. The number of aromatic nitrogens is 5. The predicted molar refractivity (Wildman–Crippen MR) is 143 cm³/mol. The monoisotopic (exact) mass is 536 g/mol. The van der Waals surface area contributed by atoms with Crippen LogP contribution in [0.1, 0.15) is 57.2 Å². The Bertz CT molecular complexity index is 1340. The second-order valence-electron chi connectivity index (χ2n) is 12.3. The Morgan fingerprint density at radius 1 is 1.34 bits per heavy atom. The fourth-order valence-electron chi connectivity index (χ4n) is 8.68. The number of allylic oxidation sites excluding steroid dienone is 1. The number of rotatable bonds is 6. The van der Waals surface area contributed by atoms with Crippen LogP contribution in [0.5, 0.6) is 0 Å². The van der Waals surface area contributed by atoms with E-state index in [2.05, 4.69) is 33.1 Å². The quantitative estimate of drug-likeness (QED) is 0.431. The van der Waals surface area contributed by atoms with Gasteiger partial charge in [-0.05, 0) is 73.3 Å². The molecule has 3 fully saturated rings. The Kier molecular flexibility index (Phi) is 6.13. The van der Waals surface area contributed by atoms with Gasteiger partial charge in [0.2, 0.25) is 6.54 Å². The van der Waals surface area contributed by atoms with Crippen LogP contribution >= 0.6 is 11.8 Å². The first-order valence-electron chi connectivity index (χ1n) is 13.6. The average Bonchev–Trinajstić information content (AvgIpc) is 3.54. The number of fused-ring (bicyclic) bond motifs is 6. The van der Waals surface area contributed by atoms with E-state index < -0.39 is 17.1 Å². The van der Waals surface area contributed by atoms with Gasteiger partial charge < -0.3 is 19.6 Å². The number of aliphatic hydroxyl groups is 2. The van der Waals surface area contributed by atoms with Crippen LogP contribution in [-0.2, 0) is 24.8 Å². The smallest absolute Gasteiger partial charge is 0.234 e. The molecule has 6 rings (SSSR count). The summed E-state index contributed by atoms with van der Waals surface area (Å²) in [5, 5.41) is 36.9. The van der Waals surface area contributed by atoms with Crippen LogP contribution < -0.4 is 0 Å². The van der Waals surface area contributed by atoms with Crippen LogP contribution in [0.2, 0.25) is 0 Å². The third-order valence-corrected chi connectivity index (χ3v) is 11.6. The number of carbonyl (C=O) groups excluding carboxylic acids is 1. The molecule has 7 atom stereocenters. The van der Waals surface area contributed by atoms with Gasteiger partial charge >= 0.3 is 0 Å². The third kappa shape index (κ3) is 3.58. The van der Waals surface area contributed by atoms with Gasteiger partial charge in [-0.3, -0.25) is 9.48 Å². The van der Waals surface area contributed by atoms with Crippen molar-refractivity contribution in [3.8, 4) is 0 Å². The summed E-state index contributed by atoms with van der Waals surface area (Å²) < 4.78 is 3.72. The summed E-state index contributed by atoms with van der Waals surface area (Å²) in [5.74, 6) is 0.479. The Morgan fingerprint density at radius 2 is 2.16 bits per heavy atom. The van der Waals surface area contributed by atoms with Gasteiger partial charge in [0.1, 0.15) is 18.5 Å². The summed E-state index contributed by atoms with van der Waals surface area (Å²) in [5.41, 5.74) is 1.36. The SMILES string of the molecule is [C-]#[N+]CCn1ncc2c1C=C1CCC3C(C(O)CC4(C)C3CC[C@]4(O)C(=O)CSc3nncn3C)C1(C)C2. The van der Waals surface area contributed by atoms with Crippen molar-refractivity contribution in [1.82, 2.24) is 24.5 Å². The summed E-state index contributed by atoms with van der Waals surface area (Å²) in [4.78, 5) is 17.1. The molecule has 9 nitrogen and oxygen atoms in total. The van der Waals surface area contributed by atoms with Crippen molar-refractivity contribution < 1.29 is 15.0 Å². The molecule has 0 bridgehead atoms. The van der Waals surface area contributed by atoms with Crippen LogP contribution in [0.25, 0.3) is 10.9 Å². The van der Waals surface area contributed by atoms with Gasteiger partial charge in [-0.25, -0.2) is 6.57 Å². The zero-order chi connectivity index (χ0) is 26.9. The summed E-state index contributed by atoms with van der Waals surface area (Å²) in [6, 6.07) is 0. The van der Waals surface area contributed by atoms with Gasteiger partial charge in [0.25, 0.3) is 0 Å². The molecule has 0 aliphatic heterocycles. The maximum atomic E-state index is 13.6. The van der Waals surface area contributed by atoms with Crippen LogP contribution in [0.3, 0.4) is 0 Å². The lowest BCUT2D eigenvalue weighted by Crippen LogP contribution is -2.62. The molecule has 0 radical (unpaired) electrons. The van der Waals surface area contributed by atoms with Crippen LogP contribution in [-0.4, -0.2) is 64.5 Å². The largest absolute Gasteiger partial charge is 0.393 e. The van der Waals surface area contributed by atoms with E-state index in [1.807, 2.05) is 24.9 Å². The molecule has 2 aromatic rings. The van der Waals surface area contributed by atoms with Gasteiger partial charge in [0, 0.05) is 12.5 Å². The number of nitrogens with zero attached hydrogens (tertiary/aromatic N) is 6. The first-order chi connectivity index (χ1) is 18.1. The molecule has 4 aliphatic rings. The van der Waals surface area contributed by atoms with Crippen molar-refractivity contribution in [3.05, 3.63) is 40.8 Å². The minimum atomic E-state index is -1.45. The van der Waals surface area contributed by atoms with Crippen molar-refractivity contribution in [1.29, 1.82) is 0 Å². The van der Waals surface area contributed by atoms with Crippen molar-refractivity contribution in [2.24, 2.45) is 35.6 Å². The topological polar surface area (TPSA) is 110 Å². The van der Waals surface area contributed by atoms with Gasteiger partial charge in [-0.1, -0.05) is 31.2 Å². The van der Waals surface area contributed by atoms with E-state index >= 15 is 0 Å². The molecule has 10 heteroatoms. The predicted octanol–water partition coefficient (Wildman–Crippen LogP) is 3.18. The molecule has 2 N–H and O–H groups in total. The summed E-state index contributed by atoms with van der Waals surface area (Å²) in [6.45, 7) is 12.5. The molecule has 6 unspecified atom stereocenters. The number of ketones is 1. The Labute approximate surface area is 227 Å². The van der Waals surface area contributed by atoms with Crippen molar-refractivity contribution in [2.45, 2.75) is 75.8 Å². The van der Waals surface area contributed by atoms with Crippen LogP contribution in [0.4, 0.5) is 0 Å². The van der Waals surface area contributed by atoms with Gasteiger partial charge in [-0.2, -0.15) is 5.10 Å². The Morgan fingerprint density at radius 3 is 2.89 bits per heavy atom. The van der Waals surface area contributed by atoms with E-state index in [1.165, 1.54) is 22.9 Å². The van der Waals surface area contributed by atoms with Crippen LogP contribution in [0, 0.1) is 35.2 Å². The van der Waals surface area contributed by atoms with Gasteiger partial charge in [0.05, 0.1) is 23.7 Å². The Balaban J connectivity index is 1.26. The lowest BCUT2D eigenvalue weighted by molar-refractivity contribution is -0.177. The Hall–Kier alpha value is -2.48. The molecule has 2 heterocycles. The molecule has 0 spiro atoms. The molecule has 202 valence electrons. The van der Waals surface area contributed by atoms with E-state index in [-0.39, 0.29) is 34.7 Å². The van der Waals surface area contributed by atoms with E-state index in [0.29, 0.717) is 31.1 Å². The minimum Gasteiger partial charge on any atom is -0.393 e. The first-order valence-corrected chi connectivity index (χ1v) is 14.6. The van der Waals surface area contributed by atoms with Crippen molar-refractivity contribution in [2.75, 3.05) is 12.3 Å². The maximum Gasteiger partial charge on any atom is 0.234 e. The first kappa shape index (κ1) is 25.8. The summed E-state index contributed by atoms with van der Waals surface area (Å²) >= 11 is 1.31. The molecular weight excluding hydrogens is 500 g/mol. The lowest BCUT2D eigenvalue weighted by Gasteiger charge is -2.60. The number of hydrogen-bond donors (Lipinski definition) is 2. The number of aliphatic hydroxyl groups excluding tert-OH is 1. The molecule has 0 amide bonds. The summed E-state index contributed by atoms with van der Waals surface area (Å²) in [6.07, 6.45) is 9.60. The van der Waals surface area contributed by atoms with E-state index in [0.717, 1.165) is 31.4 Å². The van der Waals surface area contributed by atoms with Gasteiger partial charge in [0.15, 0.2) is 10.9 Å². The number of Topliss-reactive ketones (excluding diaryl/α,β-unsaturated/α-hetero) is 1. The van der Waals surface area contributed by atoms with Crippen molar-refractivity contribution >= 4 is 23.6 Å². The molecule has 38 heavy (non-hydrogen) atoms. The fourth-order valence-corrected chi connectivity index (χ4v) is 9.53. The molecule has 4 aliphatic carbocycles. The third-order valence-electron chi connectivity index (χ3n) is 10.5. The highest BCUT2D eigenvalue weighted by molar-refractivity contribution is 7.99. The molecule has 3 saturated carbocycles. The second-order valence-corrected chi connectivity index (χ2v) is 13.2. The number of thioether (sulfide) groups is 1. The average molecular weight is 537 g/mol. The van der Waals surface area contributed by atoms with E-state index in [4.69, 9.17) is 6.57 Å². The minimum absolute atomic E-state index is 0.0748. The zero-order valence-electron chi connectivity index (χ0n) is 22.3. The van der Waals surface area contributed by atoms with E-state index in [9.17, 15) is 15.0 Å². The maximum absolute atomic E-state index is 13.6. The van der Waals surface area contributed by atoms with E-state index in [1.54, 1.807) is 10.9 Å². The van der Waals surface area contributed by atoms with Crippen LogP contribution in [0.15, 0.2) is 23.3 Å². The van der Waals surface area contributed by atoms with Gasteiger partial charge in [-0.15, -0.1) is 10.2 Å². The highest BCUT2D eigenvalue weighted by Gasteiger charge is 2.68. The summed E-state index contributed by atoms with van der Waals surface area (Å²) in [7, 11) is 1.84.